The quantitative estimate of drug-likeness (QED) is 0.738. The van der Waals surface area contributed by atoms with E-state index < -0.39 is 0 Å². The van der Waals surface area contributed by atoms with E-state index in [1.165, 1.54) is 64.2 Å². The predicted octanol–water partition coefficient (Wildman–Crippen LogP) is 4.13. The van der Waals surface area contributed by atoms with Crippen LogP contribution >= 0.6 is 0 Å². The van der Waals surface area contributed by atoms with E-state index >= 15 is 0 Å². The van der Waals surface area contributed by atoms with Gasteiger partial charge in [-0.1, -0.05) is 32.1 Å². The summed E-state index contributed by atoms with van der Waals surface area (Å²) in [5.74, 6) is 2.11. The summed E-state index contributed by atoms with van der Waals surface area (Å²) in [6.07, 6.45) is 16.9. The van der Waals surface area contributed by atoms with E-state index in [1.54, 1.807) is 6.92 Å². The van der Waals surface area contributed by atoms with Gasteiger partial charge in [0.15, 0.2) is 0 Å². The van der Waals surface area contributed by atoms with Crippen LogP contribution < -0.4 is 5.32 Å². The molecule has 1 N–H and O–H groups in total. The minimum Gasteiger partial charge on any atom is -0.377 e. The van der Waals surface area contributed by atoms with Gasteiger partial charge in [0.25, 0.3) is 0 Å². The van der Waals surface area contributed by atoms with E-state index in [0.717, 1.165) is 50.9 Å². The van der Waals surface area contributed by atoms with Gasteiger partial charge in [-0.05, 0) is 56.8 Å². The third kappa shape index (κ3) is 6.84. The molecule has 3 fully saturated rings. The second-order valence-electron chi connectivity index (χ2n) is 9.07. The number of nitrogens with zero attached hydrogens (tertiary/aromatic N) is 1. The zero-order valence-electron chi connectivity index (χ0n) is 16.9. The zero-order valence-corrected chi connectivity index (χ0v) is 16.9. The smallest absolute Gasteiger partial charge is 0.217 e. The topological polar surface area (TPSA) is 41.6 Å². The normalized spacial score (nSPS) is 29.6. The Labute approximate surface area is 160 Å². The molecule has 0 radical (unpaired) electrons. The van der Waals surface area contributed by atoms with Crippen LogP contribution in [0.4, 0.5) is 0 Å². The highest BCUT2D eigenvalue weighted by molar-refractivity contribution is 5.73. The van der Waals surface area contributed by atoms with E-state index in [9.17, 15) is 4.79 Å². The largest absolute Gasteiger partial charge is 0.377 e. The summed E-state index contributed by atoms with van der Waals surface area (Å²) in [5, 5.41) is 3.05. The van der Waals surface area contributed by atoms with Crippen molar-refractivity contribution >= 4 is 5.91 Å². The second kappa shape index (κ2) is 10.7. The first-order chi connectivity index (χ1) is 12.7. The van der Waals surface area contributed by atoms with E-state index in [4.69, 9.17) is 4.74 Å². The second-order valence-corrected chi connectivity index (χ2v) is 9.07. The minimum atomic E-state index is 0.103. The van der Waals surface area contributed by atoms with Crippen molar-refractivity contribution < 1.29 is 9.53 Å². The molecule has 0 unspecified atom stereocenters. The number of piperidine rings is 1. The molecule has 0 aromatic carbocycles. The zero-order chi connectivity index (χ0) is 18.2. The molecule has 3 rings (SSSR count). The Hall–Kier alpha value is -0.610. The Morgan fingerprint density at radius 2 is 1.58 bits per heavy atom. The van der Waals surface area contributed by atoms with Crippen molar-refractivity contribution in [3.63, 3.8) is 0 Å². The van der Waals surface area contributed by atoms with Crippen LogP contribution in [0.2, 0.25) is 0 Å². The highest BCUT2D eigenvalue weighted by Gasteiger charge is 2.25. The van der Waals surface area contributed by atoms with Crippen molar-refractivity contribution in [2.45, 2.75) is 96.1 Å². The molecule has 1 heterocycles. The van der Waals surface area contributed by atoms with Crippen molar-refractivity contribution in [1.82, 2.24) is 10.2 Å². The summed E-state index contributed by atoms with van der Waals surface area (Å²) < 4.78 is 6.20. The van der Waals surface area contributed by atoms with Crippen LogP contribution in [0.1, 0.15) is 84.0 Å². The lowest BCUT2D eigenvalue weighted by Gasteiger charge is -2.34. The fourth-order valence-electron chi connectivity index (χ4n) is 5.37. The Balaban J connectivity index is 1.22. The van der Waals surface area contributed by atoms with Gasteiger partial charge in [0, 0.05) is 32.6 Å². The summed E-state index contributed by atoms with van der Waals surface area (Å²) in [6, 6.07) is 0.379. The van der Waals surface area contributed by atoms with Crippen molar-refractivity contribution in [2.24, 2.45) is 11.8 Å². The van der Waals surface area contributed by atoms with Gasteiger partial charge in [-0.25, -0.2) is 0 Å². The molecule has 0 bridgehead atoms. The number of hydrogen-bond acceptors (Lipinski definition) is 3. The lowest BCUT2D eigenvalue weighted by molar-refractivity contribution is -0.120. The highest BCUT2D eigenvalue weighted by atomic mass is 16.5. The summed E-state index contributed by atoms with van der Waals surface area (Å²) >= 11 is 0. The van der Waals surface area contributed by atoms with Crippen molar-refractivity contribution in [2.75, 3.05) is 26.2 Å². The first-order valence-electron chi connectivity index (χ1n) is 11.3. The Morgan fingerprint density at radius 1 is 0.923 bits per heavy atom. The van der Waals surface area contributed by atoms with Crippen LogP contribution in [-0.4, -0.2) is 49.2 Å². The summed E-state index contributed by atoms with van der Waals surface area (Å²) in [6.45, 7) is 5.71. The molecular formula is C22H40N2O2. The summed E-state index contributed by atoms with van der Waals surface area (Å²) in [4.78, 5) is 13.6. The van der Waals surface area contributed by atoms with E-state index in [-0.39, 0.29) is 5.91 Å². The maximum absolute atomic E-state index is 11.1. The number of carbonyl (C=O) groups is 1. The van der Waals surface area contributed by atoms with Crippen molar-refractivity contribution in [3.05, 3.63) is 0 Å². The molecule has 1 aliphatic heterocycles. The van der Waals surface area contributed by atoms with Crippen molar-refractivity contribution in [3.8, 4) is 0 Å². The van der Waals surface area contributed by atoms with E-state index in [0.29, 0.717) is 12.1 Å². The number of likely N-dealkylation sites (tertiary alicyclic amines) is 1. The molecule has 1 saturated heterocycles. The lowest BCUT2D eigenvalue weighted by Crippen LogP contribution is -2.45. The van der Waals surface area contributed by atoms with Gasteiger partial charge < -0.3 is 15.0 Å². The van der Waals surface area contributed by atoms with Crippen LogP contribution in [0.25, 0.3) is 0 Å². The van der Waals surface area contributed by atoms with Gasteiger partial charge in [-0.3, -0.25) is 4.79 Å². The monoisotopic (exact) mass is 364 g/mol. The fourth-order valence-corrected chi connectivity index (χ4v) is 5.37. The van der Waals surface area contributed by atoms with Crippen LogP contribution in [0.3, 0.4) is 0 Å². The number of ether oxygens (including phenoxy) is 1. The van der Waals surface area contributed by atoms with E-state index in [2.05, 4.69) is 10.2 Å². The predicted molar refractivity (Wildman–Crippen MR) is 106 cm³/mol. The number of hydrogen-bond donors (Lipinski definition) is 1. The molecule has 4 nitrogen and oxygen atoms in total. The number of nitrogens with one attached hydrogen (secondary N) is 1. The summed E-state index contributed by atoms with van der Waals surface area (Å²) in [7, 11) is 0. The van der Waals surface area contributed by atoms with Crippen LogP contribution in [-0.2, 0) is 9.53 Å². The third-order valence-electron chi connectivity index (χ3n) is 6.94. The van der Waals surface area contributed by atoms with Gasteiger partial charge in [0.05, 0.1) is 12.7 Å². The number of rotatable bonds is 7. The lowest BCUT2D eigenvalue weighted by atomic mass is 9.77. The molecule has 26 heavy (non-hydrogen) atoms. The minimum absolute atomic E-state index is 0.103. The summed E-state index contributed by atoms with van der Waals surface area (Å²) in [5.41, 5.74) is 0. The number of carbonyl (C=O) groups excluding carboxylic acids is 1. The molecule has 150 valence electrons. The fraction of sp³-hybridized carbons (Fsp3) is 0.955. The molecule has 0 aromatic heterocycles. The van der Waals surface area contributed by atoms with Gasteiger partial charge in [-0.2, -0.15) is 0 Å². The maximum atomic E-state index is 11.1. The molecular weight excluding hydrogens is 324 g/mol. The first kappa shape index (κ1) is 20.1. The van der Waals surface area contributed by atoms with Gasteiger partial charge in [0.1, 0.15) is 0 Å². The Morgan fingerprint density at radius 3 is 2.23 bits per heavy atom. The van der Waals surface area contributed by atoms with Crippen LogP contribution in [0.5, 0.6) is 0 Å². The molecule has 1 amide bonds. The standard InChI is InChI=1S/C22H40N2O2/c1-18(25)23-21-11-13-24(14-12-21)15-16-26-22-9-7-20(8-10-22)17-19-5-3-2-4-6-19/h19-22H,2-17H2,1H3,(H,23,25). The van der Waals surface area contributed by atoms with Gasteiger partial charge in [0.2, 0.25) is 5.91 Å². The highest BCUT2D eigenvalue weighted by Crippen LogP contribution is 2.35. The first-order valence-corrected chi connectivity index (χ1v) is 11.3. The average molecular weight is 365 g/mol. The molecule has 3 aliphatic rings. The SMILES string of the molecule is CC(=O)NC1CCN(CCOC2CCC(CC3CCCCC3)CC2)CC1. The molecule has 0 spiro atoms. The molecule has 2 saturated carbocycles. The van der Waals surface area contributed by atoms with Gasteiger partial charge in [-0.15, -0.1) is 0 Å². The average Bonchev–Trinajstić information content (AvgIpc) is 2.65. The van der Waals surface area contributed by atoms with E-state index in [1.807, 2.05) is 0 Å². The van der Waals surface area contributed by atoms with Crippen LogP contribution in [0, 0.1) is 11.8 Å². The van der Waals surface area contributed by atoms with Crippen LogP contribution in [0.15, 0.2) is 0 Å². The third-order valence-corrected chi connectivity index (χ3v) is 6.94. The molecule has 0 atom stereocenters. The molecule has 0 aromatic rings. The number of amides is 1. The van der Waals surface area contributed by atoms with Gasteiger partial charge >= 0.3 is 0 Å². The molecule has 2 aliphatic carbocycles. The Bertz CT molecular complexity index is 406. The Kier molecular flexibility index (Phi) is 8.25. The maximum Gasteiger partial charge on any atom is 0.217 e. The van der Waals surface area contributed by atoms with Crippen molar-refractivity contribution in [1.29, 1.82) is 0 Å². The molecule has 4 heteroatoms.